The first-order valence-electron chi connectivity index (χ1n) is 12.5. The van der Waals surface area contributed by atoms with Gasteiger partial charge in [0.05, 0.1) is 12.2 Å². The molecule has 3 aliphatic rings. The Morgan fingerprint density at radius 3 is 2.17 bits per heavy atom. The number of ether oxygens (including phenoxy) is 2. The third-order valence-corrected chi connectivity index (χ3v) is 6.92. The van der Waals surface area contributed by atoms with Crippen molar-refractivity contribution in [3.05, 3.63) is 24.3 Å². The highest BCUT2D eigenvalue weighted by Gasteiger charge is 2.52. The van der Waals surface area contributed by atoms with E-state index in [2.05, 4.69) is 6.92 Å². The van der Waals surface area contributed by atoms with E-state index in [0.29, 0.717) is 12.8 Å². The SMILES string of the molecule is CCCCCCCCCCCCC[C@H]1C[C@@H](O)C[C@]2(CCC3(C=CC(=O)C=C3)O2)O1. The lowest BCUT2D eigenvalue weighted by molar-refractivity contribution is -0.292. The molecule has 0 aromatic rings. The first-order chi connectivity index (χ1) is 14.5. The van der Waals surface area contributed by atoms with Crippen LogP contribution in [-0.2, 0) is 14.3 Å². The fourth-order valence-electron chi connectivity index (χ4n) is 5.21. The fourth-order valence-corrected chi connectivity index (χ4v) is 5.21. The molecule has 1 aliphatic carbocycles. The van der Waals surface area contributed by atoms with E-state index in [1.165, 1.54) is 64.2 Å². The van der Waals surface area contributed by atoms with Gasteiger partial charge in [-0.15, -0.1) is 0 Å². The summed E-state index contributed by atoms with van der Waals surface area (Å²) in [6, 6.07) is 0. The zero-order valence-corrected chi connectivity index (χ0v) is 18.9. The van der Waals surface area contributed by atoms with Gasteiger partial charge in [-0.2, -0.15) is 0 Å². The summed E-state index contributed by atoms with van der Waals surface area (Å²) in [4.78, 5) is 11.5. The molecule has 2 saturated heterocycles. The number of allylic oxidation sites excluding steroid dienone is 2. The van der Waals surface area contributed by atoms with Gasteiger partial charge in [-0.1, -0.05) is 77.6 Å². The van der Waals surface area contributed by atoms with E-state index in [-0.39, 0.29) is 18.0 Å². The van der Waals surface area contributed by atoms with Crippen LogP contribution in [0.1, 0.15) is 110 Å². The highest BCUT2D eigenvalue weighted by molar-refractivity contribution is 6.00. The van der Waals surface area contributed by atoms with Crippen LogP contribution in [0.3, 0.4) is 0 Å². The van der Waals surface area contributed by atoms with Crippen LogP contribution in [0, 0.1) is 0 Å². The maximum absolute atomic E-state index is 11.5. The van der Waals surface area contributed by atoms with E-state index in [0.717, 1.165) is 25.7 Å². The van der Waals surface area contributed by atoms with Crippen LogP contribution < -0.4 is 0 Å². The van der Waals surface area contributed by atoms with Crippen LogP contribution in [0.4, 0.5) is 0 Å². The number of hydrogen-bond donors (Lipinski definition) is 1. The predicted molar refractivity (Wildman–Crippen MR) is 120 cm³/mol. The third-order valence-electron chi connectivity index (χ3n) is 6.92. The van der Waals surface area contributed by atoms with Crippen molar-refractivity contribution in [2.75, 3.05) is 0 Å². The highest BCUT2D eigenvalue weighted by atomic mass is 16.7. The average Bonchev–Trinajstić information content (AvgIpc) is 3.05. The standard InChI is InChI=1S/C26H42O4/c1-2-3-4-5-6-7-8-9-10-11-12-13-24-20-23(28)21-26(29-24)19-18-25(30-26)16-14-22(27)15-17-25/h14-17,23-24,28H,2-13,18-21H2,1H3/t23-,24+,26-/m1/s1. The summed E-state index contributed by atoms with van der Waals surface area (Å²) in [5.74, 6) is -0.695. The molecule has 0 bridgehead atoms. The summed E-state index contributed by atoms with van der Waals surface area (Å²) in [7, 11) is 0. The minimum atomic E-state index is -0.699. The molecule has 4 heteroatoms. The van der Waals surface area contributed by atoms with Gasteiger partial charge in [0.25, 0.3) is 0 Å². The average molecular weight is 419 g/mol. The molecular formula is C26H42O4. The first kappa shape index (κ1) is 23.7. The number of rotatable bonds is 12. The molecule has 4 nitrogen and oxygen atoms in total. The molecule has 0 aromatic heterocycles. The van der Waals surface area contributed by atoms with Crippen LogP contribution >= 0.6 is 0 Å². The van der Waals surface area contributed by atoms with Crippen molar-refractivity contribution < 1.29 is 19.4 Å². The monoisotopic (exact) mass is 418 g/mol. The second kappa shape index (κ2) is 11.6. The van der Waals surface area contributed by atoms with Crippen molar-refractivity contribution in [3.8, 4) is 0 Å². The lowest BCUT2D eigenvalue weighted by atomic mass is 9.91. The van der Waals surface area contributed by atoms with E-state index in [4.69, 9.17) is 9.47 Å². The maximum atomic E-state index is 11.5. The van der Waals surface area contributed by atoms with E-state index < -0.39 is 11.4 Å². The number of aliphatic hydroxyl groups excluding tert-OH is 1. The Balaban J connectivity index is 1.31. The van der Waals surface area contributed by atoms with Crippen molar-refractivity contribution >= 4 is 5.78 Å². The maximum Gasteiger partial charge on any atom is 0.178 e. The Bertz CT molecular complexity index is 580. The number of carbonyl (C=O) groups excluding carboxylic acids is 1. The van der Waals surface area contributed by atoms with Crippen LogP contribution in [0.25, 0.3) is 0 Å². The molecule has 2 heterocycles. The van der Waals surface area contributed by atoms with Gasteiger partial charge in [0.15, 0.2) is 11.6 Å². The number of unbranched alkanes of at least 4 members (excludes halogenated alkanes) is 10. The number of hydrogen-bond acceptors (Lipinski definition) is 4. The molecule has 2 fully saturated rings. The van der Waals surface area contributed by atoms with Gasteiger partial charge in [0.2, 0.25) is 0 Å². The van der Waals surface area contributed by atoms with Gasteiger partial charge >= 0.3 is 0 Å². The molecule has 1 N–H and O–H groups in total. The summed E-state index contributed by atoms with van der Waals surface area (Å²) in [5, 5.41) is 10.5. The van der Waals surface area contributed by atoms with Crippen LogP contribution in [0.15, 0.2) is 24.3 Å². The smallest absolute Gasteiger partial charge is 0.178 e. The van der Waals surface area contributed by atoms with E-state index in [1.807, 2.05) is 12.2 Å². The largest absolute Gasteiger partial charge is 0.393 e. The molecule has 0 saturated carbocycles. The molecule has 2 spiro atoms. The molecule has 170 valence electrons. The summed E-state index contributed by atoms with van der Waals surface area (Å²) in [6.45, 7) is 2.27. The van der Waals surface area contributed by atoms with Crippen molar-refractivity contribution in [2.45, 2.75) is 133 Å². The molecule has 30 heavy (non-hydrogen) atoms. The van der Waals surface area contributed by atoms with Crippen molar-refractivity contribution in [1.82, 2.24) is 0 Å². The molecule has 2 aliphatic heterocycles. The Morgan fingerprint density at radius 2 is 1.53 bits per heavy atom. The molecular weight excluding hydrogens is 376 g/mol. The lowest BCUT2D eigenvalue weighted by Gasteiger charge is -2.42. The summed E-state index contributed by atoms with van der Waals surface area (Å²) < 4.78 is 12.8. The Hall–Kier alpha value is -0.970. The zero-order chi connectivity index (χ0) is 21.3. The fraction of sp³-hybridized carbons (Fsp3) is 0.808. The van der Waals surface area contributed by atoms with Crippen LogP contribution in [0.2, 0.25) is 0 Å². The van der Waals surface area contributed by atoms with Gasteiger partial charge in [0, 0.05) is 12.8 Å². The van der Waals surface area contributed by atoms with Gasteiger partial charge in [-0.3, -0.25) is 4.79 Å². The summed E-state index contributed by atoms with van der Waals surface area (Å²) >= 11 is 0. The normalized spacial score (nSPS) is 30.0. The van der Waals surface area contributed by atoms with E-state index in [1.54, 1.807) is 12.2 Å². The quantitative estimate of drug-likeness (QED) is 0.385. The van der Waals surface area contributed by atoms with Crippen LogP contribution in [-0.4, -0.2) is 34.5 Å². The Labute approximate surface area is 183 Å². The second-order valence-electron chi connectivity index (χ2n) is 9.69. The topological polar surface area (TPSA) is 55.8 Å². The van der Waals surface area contributed by atoms with Crippen LogP contribution in [0.5, 0.6) is 0 Å². The third kappa shape index (κ3) is 7.03. The van der Waals surface area contributed by atoms with Crippen molar-refractivity contribution in [2.24, 2.45) is 0 Å². The van der Waals surface area contributed by atoms with Crippen molar-refractivity contribution in [1.29, 1.82) is 0 Å². The molecule has 3 rings (SSSR count). The van der Waals surface area contributed by atoms with Gasteiger partial charge in [-0.25, -0.2) is 0 Å². The van der Waals surface area contributed by atoms with Gasteiger partial charge < -0.3 is 14.6 Å². The number of aliphatic hydroxyl groups is 1. The Kier molecular flexibility index (Phi) is 9.15. The zero-order valence-electron chi connectivity index (χ0n) is 18.9. The number of carbonyl (C=O) groups is 1. The molecule has 0 amide bonds. The van der Waals surface area contributed by atoms with Gasteiger partial charge in [-0.05, 0) is 43.6 Å². The van der Waals surface area contributed by atoms with Crippen molar-refractivity contribution in [3.63, 3.8) is 0 Å². The minimum absolute atomic E-state index is 0.00384. The molecule has 0 aromatic carbocycles. The van der Waals surface area contributed by atoms with Gasteiger partial charge in [0.1, 0.15) is 5.60 Å². The summed E-state index contributed by atoms with van der Waals surface area (Å²) in [5.41, 5.74) is -0.536. The second-order valence-corrected chi connectivity index (χ2v) is 9.69. The van der Waals surface area contributed by atoms with E-state index >= 15 is 0 Å². The minimum Gasteiger partial charge on any atom is -0.393 e. The number of ketones is 1. The lowest BCUT2D eigenvalue weighted by Crippen LogP contribution is -2.47. The summed E-state index contributed by atoms with van der Waals surface area (Å²) in [6.07, 6.45) is 25.1. The molecule has 0 radical (unpaired) electrons. The molecule has 3 atom stereocenters. The first-order valence-corrected chi connectivity index (χ1v) is 12.5. The Morgan fingerprint density at radius 1 is 0.933 bits per heavy atom. The highest BCUT2D eigenvalue weighted by Crippen LogP contribution is 2.47. The van der Waals surface area contributed by atoms with E-state index in [9.17, 15) is 9.90 Å². The predicted octanol–water partition coefficient (Wildman–Crippen LogP) is 6.17. The molecule has 0 unspecified atom stereocenters.